The fraction of sp³-hybridized carbons (Fsp3) is 0.357. The Kier molecular flexibility index (Phi) is 3.11. The number of hydrogen-bond acceptors (Lipinski definition) is 2. The van der Waals surface area contributed by atoms with Gasteiger partial charge in [0.05, 0.1) is 12.0 Å². The molecule has 18 heavy (non-hydrogen) atoms. The lowest BCUT2D eigenvalue weighted by molar-refractivity contribution is 0.455. The highest BCUT2D eigenvalue weighted by Crippen LogP contribution is 2.22. The van der Waals surface area contributed by atoms with Gasteiger partial charge in [-0.05, 0) is 37.6 Å². The molecule has 4 heteroatoms. The lowest BCUT2D eigenvalue weighted by Crippen LogP contribution is -2.28. The Morgan fingerprint density at radius 3 is 3.11 bits per heavy atom. The Morgan fingerprint density at radius 2 is 2.33 bits per heavy atom. The van der Waals surface area contributed by atoms with Crippen LogP contribution in [-0.4, -0.2) is 22.6 Å². The van der Waals surface area contributed by atoms with E-state index in [0.29, 0.717) is 5.92 Å². The first-order chi connectivity index (χ1) is 8.83. The summed E-state index contributed by atoms with van der Waals surface area (Å²) in [6, 6.07) is 6.57. The van der Waals surface area contributed by atoms with Gasteiger partial charge in [0.2, 0.25) is 0 Å². The quantitative estimate of drug-likeness (QED) is 0.881. The van der Waals surface area contributed by atoms with E-state index in [1.807, 2.05) is 16.8 Å². The third-order valence-corrected chi connectivity index (χ3v) is 3.42. The molecule has 2 aromatic rings. The van der Waals surface area contributed by atoms with E-state index in [1.54, 1.807) is 12.4 Å². The van der Waals surface area contributed by atoms with Crippen LogP contribution in [0, 0.1) is 5.82 Å². The van der Waals surface area contributed by atoms with Crippen molar-refractivity contribution in [3.63, 3.8) is 0 Å². The topological polar surface area (TPSA) is 29.9 Å². The monoisotopic (exact) mass is 245 g/mol. The van der Waals surface area contributed by atoms with Crippen molar-refractivity contribution in [3.05, 3.63) is 48.3 Å². The molecule has 1 atom stereocenters. The van der Waals surface area contributed by atoms with Crippen molar-refractivity contribution in [1.82, 2.24) is 14.9 Å². The first kappa shape index (κ1) is 11.4. The second kappa shape index (κ2) is 4.90. The third-order valence-electron chi connectivity index (χ3n) is 3.42. The molecule has 1 aliphatic rings. The predicted octanol–water partition coefficient (Wildman–Crippen LogP) is 2.48. The molecule has 3 rings (SSSR count). The van der Waals surface area contributed by atoms with Gasteiger partial charge in [0.25, 0.3) is 0 Å². The van der Waals surface area contributed by atoms with Gasteiger partial charge < -0.3 is 9.88 Å². The van der Waals surface area contributed by atoms with Crippen molar-refractivity contribution in [3.8, 4) is 5.69 Å². The molecule has 1 aliphatic heterocycles. The van der Waals surface area contributed by atoms with Crippen LogP contribution >= 0.6 is 0 Å². The Morgan fingerprint density at radius 1 is 1.39 bits per heavy atom. The maximum Gasteiger partial charge on any atom is 0.125 e. The van der Waals surface area contributed by atoms with Crippen LogP contribution < -0.4 is 5.32 Å². The van der Waals surface area contributed by atoms with Gasteiger partial charge in [-0.3, -0.25) is 0 Å². The standard InChI is InChI=1S/C14H16FN3/c15-12-4-1-5-13(7-12)18-9-14(17-10-18)11-3-2-6-16-8-11/h1,4-5,7,9-11,16H,2-3,6,8H2. The highest BCUT2D eigenvalue weighted by atomic mass is 19.1. The summed E-state index contributed by atoms with van der Waals surface area (Å²) >= 11 is 0. The largest absolute Gasteiger partial charge is 0.316 e. The summed E-state index contributed by atoms with van der Waals surface area (Å²) < 4.78 is 15.1. The normalized spacial score (nSPS) is 19.9. The van der Waals surface area contributed by atoms with Crippen LogP contribution in [0.5, 0.6) is 0 Å². The van der Waals surface area contributed by atoms with Crippen molar-refractivity contribution in [2.45, 2.75) is 18.8 Å². The number of benzene rings is 1. The number of imidazole rings is 1. The molecule has 0 bridgehead atoms. The molecule has 1 N–H and O–H groups in total. The summed E-state index contributed by atoms with van der Waals surface area (Å²) in [5.74, 6) is 0.260. The average molecular weight is 245 g/mol. The molecular weight excluding hydrogens is 229 g/mol. The summed E-state index contributed by atoms with van der Waals surface area (Å²) in [7, 11) is 0. The smallest absolute Gasteiger partial charge is 0.125 e. The fourth-order valence-electron chi connectivity index (χ4n) is 2.43. The molecule has 0 saturated carbocycles. The Labute approximate surface area is 106 Å². The fourth-order valence-corrected chi connectivity index (χ4v) is 2.43. The molecule has 2 heterocycles. The maximum absolute atomic E-state index is 13.2. The van der Waals surface area contributed by atoms with Gasteiger partial charge in [-0.25, -0.2) is 9.37 Å². The first-order valence-corrected chi connectivity index (χ1v) is 6.33. The van der Waals surface area contributed by atoms with Crippen LogP contribution in [0.3, 0.4) is 0 Å². The van der Waals surface area contributed by atoms with E-state index in [4.69, 9.17) is 0 Å². The van der Waals surface area contributed by atoms with Crippen LogP contribution in [0.15, 0.2) is 36.8 Å². The van der Waals surface area contributed by atoms with Gasteiger partial charge in [-0.15, -0.1) is 0 Å². The van der Waals surface area contributed by atoms with E-state index >= 15 is 0 Å². The number of halogens is 1. The first-order valence-electron chi connectivity index (χ1n) is 6.33. The van der Waals surface area contributed by atoms with E-state index in [9.17, 15) is 4.39 Å². The molecule has 1 fully saturated rings. The van der Waals surface area contributed by atoms with Crippen LogP contribution in [0.2, 0.25) is 0 Å². The molecular formula is C14H16FN3. The number of nitrogens with one attached hydrogen (secondary N) is 1. The predicted molar refractivity (Wildman–Crippen MR) is 68.4 cm³/mol. The summed E-state index contributed by atoms with van der Waals surface area (Å²) in [5.41, 5.74) is 1.91. The zero-order valence-electron chi connectivity index (χ0n) is 10.1. The van der Waals surface area contributed by atoms with Gasteiger partial charge in [-0.2, -0.15) is 0 Å². The van der Waals surface area contributed by atoms with Crippen molar-refractivity contribution in [2.75, 3.05) is 13.1 Å². The SMILES string of the molecule is Fc1cccc(-n2cnc(C3CCCNC3)c2)c1. The molecule has 0 aliphatic carbocycles. The Bertz CT molecular complexity index is 529. The lowest BCUT2D eigenvalue weighted by Gasteiger charge is -2.20. The minimum absolute atomic E-state index is 0.220. The summed E-state index contributed by atoms with van der Waals surface area (Å²) in [5, 5.41) is 3.38. The molecule has 1 aromatic heterocycles. The Hall–Kier alpha value is -1.68. The molecule has 1 aromatic carbocycles. The molecule has 0 amide bonds. The van der Waals surface area contributed by atoms with Gasteiger partial charge in [0.15, 0.2) is 0 Å². The van der Waals surface area contributed by atoms with E-state index < -0.39 is 0 Å². The molecule has 0 radical (unpaired) electrons. The van der Waals surface area contributed by atoms with E-state index in [-0.39, 0.29) is 5.82 Å². The third kappa shape index (κ3) is 2.29. The minimum atomic E-state index is -0.220. The van der Waals surface area contributed by atoms with Crippen LogP contribution in [-0.2, 0) is 0 Å². The minimum Gasteiger partial charge on any atom is -0.316 e. The molecule has 3 nitrogen and oxygen atoms in total. The van der Waals surface area contributed by atoms with Crippen LogP contribution in [0.4, 0.5) is 4.39 Å². The van der Waals surface area contributed by atoms with Crippen LogP contribution in [0.25, 0.3) is 5.69 Å². The van der Waals surface area contributed by atoms with E-state index in [1.165, 1.54) is 25.0 Å². The lowest BCUT2D eigenvalue weighted by atomic mass is 9.97. The number of piperidine rings is 1. The molecule has 1 saturated heterocycles. The van der Waals surface area contributed by atoms with E-state index in [2.05, 4.69) is 10.3 Å². The molecule has 1 unspecified atom stereocenters. The highest BCUT2D eigenvalue weighted by molar-refractivity contribution is 5.32. The highest BCUT2D eigenvalue weighted by Gasteiger charge is 2.17. The van der Waals surface area contributed by atoms with Gasteiger partial charge in [0, 0.05) is 24.3 Å². The zero-order valence-corrected chi connectivity index (χ0v) is 10.1. The number of aromatic nitrogens is 2. The van der Waals surface area contributed by atoms with Crippen molar-refractivity contribution in [1.29, 1.82) is 0 Å². The molecule has 94 valence electrons. The van der Waals surface area contributed by atoms with E-state index in [0.717, 1.165) is 24.5 Å². The Balaban J connectivity index is 1.84. The average Bonchev–Trinajstić information content (AvgIpc) is 2.89. The van der Waals surface area contributed by atoms with Crippen LogP contribution in [0.1, 0.15) is 24.5 Å². The van der Waals surface area contributed by atoms with Crippen molar-refractivity contribution < 1.29 is 4.39 Å². The zero-order chi connectivity index (χ0) is 12.4. The maximum atomic E-state index is 13.2. The van der Waals surface area contributed by atoms with Crippen molar-refractivity contribution >= 4 is 0 Å². The van der Waals surface area contributed by atoms with Gasteiger partial charge in [0.1, 0.15) is 5.82 Å². The van der Waals surface area contributed by atoms with Crippen molar-refractivity contribution in [2.24, 2.45) is 0 Å². The number of nitrogens with zero attached hydrogens (tertiary/aromatic N) is 2. The molecule has 0 spiro atoms. The summed E-state index contributed by atoms with van der Waals surface area (Å²) in [6.45, 7) is 2.08. The summed E-state index contributed by atoms with van der Waals surface area (Å²) in [4.78, 5) is 4.45. The second-order valence-electron chi connectivity index (χ2n) is 4.73. The second-order valence-corrected chi connectivity index (χ2v) is 4.73. The number of rotatable bonds is 2. The summed E-state index contributed by atoms with van der Waals surface area (Å²) in [6.07, 6.45) is 6.13. The number of hydrogen-bond donors (Lipinski definition) is 1. The van der Waals surface area contributed by atoms with Gasteiger partial charge >= 0.3 is 0 Å². The van der Waals surface area contributed by atoms with Gasteiger partial charge in [-0.1, -0.05) is 6.07 Å².